The van der Waals surface area contributed by atoms with Gasteiger partial charge in [0.15, 0.2) is 0 Å². The molecular weight excluding hydrogens is 216 g/mol. The van der Waals surface area contributed by atoms with Crippen molar-refractivity contribution < 1.29 is 4.79 Å². The van der Waals surface area contributed by atoms with E-state index in [4.69, 9.17) is 5.84 Å². The van der Waals surface area contributed by atoms with Crippen molar-refractivity contribution in [2.45, 2.75) is 38.1 Å². The summed E-state index contributed by atoms with van der Waals surface area (Å²) >= 11 is 0. The predicted octanol–water partition coefficient (Wildman–Crippen LogP) is 1.43. The molecule has 1 aliphatic rings. The van der Waals surface area contributed by atoms with Crippen LogP contribution in [-0.2, 0) is 0 Å². The number of carbonyl (C=O) groups excluding carboxylic acids is 1. The van der Waals surface area contributed by atoms with E-state index in [2.05, 4.69) is 22.7 Å². The molecule has 17 heavy (non-hydrogen) atoms. The van der Waals surface area contributed by atoms with E-state index in [0.717, 1.165) is 12.8 Å². The fourth-order valence-corrected chi connectivity index (χ4v) is 2.33. The SMILES string of the molecule is CC1(NC(=O)c2ccncc2NN)CCCC1. The Hall–Kier alpha value is -1.62. The molecule has 2 rings (SSSR count). The van der Waals surface area contributed by atoms with Crippen LogP contribution >= 0.6 is 0 Å². The van der Waals surface area contributed by atoms with Crippen LogP contribution in [0.5, 0.6) is 0 Å². The maximum Gasteiger partial charge on any atom is 0.253 e. The van der Waals surface area contributed by atoms with Crippen molar-refractivity contribution in [3.05, 3.63) is 24.0 Å². The van der Waals surface area contributed by atoms with Gasteiger partial charge in [-0.3, -0.25) is 15.6 Å². The lowest BCUT2D eigenvalue weighted by molar-refractivity contribution is 0.0909. The number of carbonyl (C=O) groups is 1. The minimum absolute atomic E-state index is 0.0772. The van der Waals surface area contributed by atoms with Crippen molar-refractivity contribution in [3.63, 3.8) is 0 Å². The maximum absolute atomic E-state index is 12.2. The Labute approximate surface area is 101 Å². The van der Waals surface area contributed by atoms with Crippen molar-refractivity contribution >= 4 is 11.6 Å². The number of nitrogens with zero attached hydrogens (tertiary/aromatic N) is 1. The molecule has 1 aromatic heterocycles. The molecule has 1 heterocycles. The zero-order chi connectivity index (χ0) is 12.3. The summed E-state index contributed by atoms with van der Waals surface area (Å²) in [5, 5.41) is 3.08. The second-order valence-electron chi connectivity index (χ2n) is 4.79. The summed E-state index contributed by atoms with van der Waals surface area (Å²) < 4.78 is 0. The first-order valence-corrected chi connectivity index (χ1v) is 5.88. The van der Waals surface area contributed by atoms with Gasteiger partial charge in [-0.15, -0.1) is 0 Å². The van der Waals surface area contributed by atoms with Crippen molar-refractivity contribution in [1.82, 2.24) is 10.3 Å². The van der Waals surface area contributed by atoms with Crippen molar-refractivity contribution in [2.75, 3.05) is 5.43 Å². The normalized spacial score (nSPS) is 17.8. The average molecular weight is 234 g/mol. The van der Waals surface area contributed by atoms with E-state index in [1.807, 2.05) is 0 Å². The van der Waals surface area contributed by atoms with E-state index in [1.165, 1.54) is 12.8 Å². The molecule has 0 radical (unpaired) electrons. The monoisotopic (exact) mass is 234 g/mol. The number of nitrogens with two attached hydrogens (primary N) is 1. The molecule has 0 saturated heterocycles. The number of pyridine rings is 1. The van der Waals surface area contributed by atoms with Gasteiger partial charge in [-0.05, 0) is 25.8 Å². The lowest BCUT2D eigenvalue weighted by Crippen LogP contribution is -2.43. The molecule has 92 valence electrons. The van der Waals surface area contributed by atoms with Gasteiger partial charge in [0.1, 0.15) is 0 Å². The van der Waals surface area contributed by atoms with Crippen LogP contribution in [0.25, 0.3) is 0 Å². The Morgan fingerprint density at radius 3 is 2.82 bits per heavy atom. The molecule has 0 aliphatic heterocycles. The maximum atomic E-state index is 12.2. The van der Waals surface area contributed by atoms with Gasteiger partial charge in [-0.1, -0.05) is 12.8 Å². The van der Waals surface area contributed by atoms with Crippen LogP contribution in [0.2, 0.25) is 0 Å². The van der Waals surface area contributed by atoms with Crippen LogP contribution in [-0.4, -0.2) is 16.4 Å². The Balaban J connectivity index is 2.14. The fraction of sp³-hybridized carbons (Fsp3) is 0.500. The molecule has 0 aromatic carbocycles. The highest BCUT2D eigenvalue weighted by atomic mass is 16.1. The lowest BCUT2D eigenvalue weighted by Gasteiger charge is -2.25. The molecule has 5 nitrogen and oxygen atoms in total. The molecule has 1 saturated carbocycles. The van der Waals surface area contributed by atoms with Gasteiger partial charge in [-0.2, -0.15) is 0 Å². The van der Waals surface area contributed by atoms with Crippen LogP contribution < -0.4 is 16.6 Å². The fourth-order valence-electron chi connectivity index (χ4n) is 2.33. The molecular formula is C12H18N4O. The highest BCUT2D eigenvalue weighted by Gasteiger charge is 2.30. The van der Waals surface area contributed by atoms with Crippen molar-refractivity contribution in [2.24, 2.45) is 5.84 Å². The third-order valence-electron chi connectivity index (χ3n) is 3.34. The third kappa shape index (κ3) is 2.55. The summed E-state index contributed by atoms with van der Waals surface area (Å²) in [7, 11) is 0. The zero-order valence-electron chi connectivity index (χ0n) is 9.99. The topological polar surface area (TPSA) is 80.0 Å². The predicted molar refractivity (Wildman–Crippen MR) is 66.4 cm³/mol. The van der Waals surface area contributed by atoms with Gasteiger partial charge >= 0.3 is 0 Å². The third-order valence-corrected chi connectivity index (χ3v) is 3.34. The van der Waals surface area contributed by atoms with E-state index in [9.17, 15) is 4.79 Å². The Morgan fingerprint density at radius 2 is 2.18 bits per heavy atom. The molecule has 0 atom stereocenters. The van der Waals surface area contributed by atoms with Gasteiger partial charge in [0.2, 0.25) is 0 Å². The largest absolute Gasteiger partial charge is 0.347 e. The van der Waals surface area contributed by atoms with Gasteiger partial charge in [-0.25, -0.2) is 0 Å². The minimum atomic E-state index is -0.0928. The quantitative estimate of drug-likeness (QED) is 0.546. The summed E-state index contributed by atoms with van der Waals surface area (Å²) in [5.74, 6) is 5.27. The highest BCUT2D eigenvalue weighted by Crippen LogP contribution is 2.29. The first-order chi connectivity index (χ1) is 8.14. The lowest BCUT2D eigenvalue weighted by atomic mass is 10.00. The summed E-state index contributed by atoms with van der Waals surface area (Å²) in [5.41, 5.74) is 3.50. The molecule has 0 spiro atoms. The van der Waals surface area contributed by atoms with Gasteiger partial charge in [0.25, 0.3) is 5.91 Å². The van der Waals surface area contributed by atoms with Gasteiger partial charge < -0.3 is 10.7 Å². The summed E-state index contributed by atoms with van der Waals surface area (Å²) in [4.78, 5) is 16.1. The average Bonchev–Trinajstić information content (AvgIpc) is 2.75. The Bertz CT molecular complexity index is 413. The van der Waals surface area contributed by atoms with E-state index < -0.39 is 0 Å². The smallest absolute Gasteiger partial charge is 0.253 e. The van der Waals surface area contributed by atoms with Crippen molar-refractivity contribution in [3.8, 4) is 0 Å². The second-order valence-corrected chi connectivity index (χ2v) is 4.79. The van der Waals surface area contributed by atoms with Crippen LogP contribution in [0.1, 0.15) is 43.0 Å². The van der Waals surface area contributed by atoms with Crippen LogP contribution in [0, 0.1) is 0 Å². The second kappa shape index (κ2) is 4.71. The zero-order valence-corrected chi connectivity index (χ0v) is 9.99. The number of anilines is 1. The van der Waals surface area contributed by atoms with E-state index >= 15 is 0 Å². The number of nitrogen functional groups attached to an aromatic ring is 1. The van der Waals surface area contributed by atoms with Crippen LogP contribution in [0.15, 0.2) is 18.5 Å². The van der Waals surface area contributed by atoms with Gasteiger partial charge in [0, 0.05) is 11.7 Å². The molecule has 5 heteroatoms. The van der Waals surface area contributed by atoms with E-state index in [-0.39, 0.29) is 11.4 Å². The first kappa shape index (κ1) is 11.9. The van der Waals surface area contributed by atoms with E-state index in [0.29, 0.717) is 11.3 Å². The summed E-state index contributed by atoms with van der Waals surface area (Å²) in [6.45, 7) is 2.09. The van der Waals surface area contributed by atoms with Gasteiger partial charge in [0.05, 0.1) is 17.4 Å². The summed E-state index contributed by atoms with van der Waals surface area (Å²) in [6.07, 6.45) is 7.56. The summed E-state index contributed by atoms with van der Waals surface area (Å²) in [6, 6.07) is 1.67. The van der Waals surface area contributed by atoms with Crippen LogP contribution in [0.3, 0.4) is 0 Å². The molecule has 1 fully saturated rings. The minimum Gasteiger partial charge on any atom is -0.347 e. The number of hydrogen-bond donors (Lipinski definition) is 3. The highest BCUT2D eigenvalue weighted by molar-refractivity contribution is 5.99. The number of rotatable bonds is 3. The molecule has 1 aliphatic carbocycles. The molecule has 1 amide bonds. The van der Waals surface area contributed by atoms with Crippen LogP contribution in [0.4, 0.5) is 5.69 Å². The number of hydrogen-bond acceptors (Lipinski definition) is 4. The molecule has 4 N–H and O–H groups in total. The Morgan fingerprint density at radius 1 is 1.47 bits per heavy atom. The number of amides is 1. The molecule has 0 bridgehead atoms. The number of nitrogens with one attached hydrogen (secondary N) is 2. The first-order valence-electron chi connectivity index (χ1n) is 5.88. The molecule has 0 unspecified atom stereocenters. The Kier molecular flexibility index (Phi) is 3.28. The standard InChI is InChI=1S/C12H18N4O/c1-12(5-2-3-6-12)15-11(17)9-4-7-14-8-10(9)16-13/h4,7-8,16H,2-3,5-6,13H2,1H3,(H,15,17). The van der Waals surface area contributed by atoms with E-state index in [1.54, 1.807) is 18.5 Å². The number of hydrazine groups is 1. The van der Waals surface area contributed by atoms with Crippen molar-refractivity contribution in [1.29, 1.82) is 0 Å². The number of aromatic nitrogens is 1. The molecule has 1 aromatic rings.